The first-order chi connectivity index (χ1) is 8.70. The first-order valence-electron chi connectivity index (χ1n) is 7.10. The normalized spacial score (nSPS) is 26.2. The van der Waals surface area contributed by atoms with Crippen molar-refractivity contribution in [2.24, 2.45) is 11.8 Å². The molecule has 1 saturated carbocycles. The lowest BCUT2D eigenvalue weighted by atomic mass is 9.78. The number of thiophene rings is 1. The molecule has 2 rings (SSSR count). The molecule has 18 heavy (non-hydrogen) atoms. The van der Waals surface area contributed by atoms with Crippen LogP contribution in [0.1, 0.15) is 62.1 Å². The van der Waals surface area contributed by atoms with Crippen LogP contribution in [0.25, 0.3) is 0 Å². The summed E-state index contributed by atoms with van der Waals surface area (Å²) >= 11 is 14.2. The van der Waals surface area contributed by atoms with Crippen molar-refractivity contribution in [2.75, 3.05) is 0 Å². The summed E-state index contributed by atoms with van der Waals surface area (Å²) in [7, 11) is 0. The molecule has 1 aliphatic carbocycles. The molecule has 0 nitrogen and oxygen atoms in total. The van der Waals surface area contributed by atoms with Gasteiger partial charge < -0.3 is 0 Å². The molecule has 102 valence electrons. The molecule has 0 radical (unpaired) electrons. The summed E-state index contributed by atoms with van der Waals surface area (Å²) in [6.07, 6.45) is 9.45. The zero-order chi connectivity index (χ0) is 13.0. The number of alkyl halides is 1. The molecule has 0 bridgehead atoms. The van der Waals surface area contributed by atoms with Crippen molar-refractivity contribution >= 4 is 34.5 Å². The Kier molecular flexibility index (Phi) is 5.85. The van der Waals surface area contributed by atoms with E-state index in [9.17, 15) is 0 Å². The number of unbranched alkanes of at least 4 members (excludes halogenated alkanes) is 1. The molecule has 0 N–H and O–H groups in total. The van der Waals surface area contributed by atoms with Crippen LogP contribution in [-0.2, 0) is 0 Å². The number of halogens is 2. The van der Waals surface area contributed by atoms with Crippen LogP contribution in [0.3, 0.4) is 0 Å². The Balaban J connectivity index is 1.82. The Morgan fingerprint density at radius 2 is 2.00 bits per heavy atom. The highest BCUT2D eigenvalue weighted by Crippen LogP contribution is 2.44. The van der Waals surface area contributed by atoms with Gasteiger partial charge in [0.05, 0.1) is 9.71 Å². The summed E-state index contributed by atoms with van der Waals surface area (Å²) < 4.78 is 0.854. The van der Waals surface area contributed by atoms with Crippen LogP contribution < -0.4 is 0 Å². The highest BCUT2D eigenvalue weighted by atomic mass is 35.5. The smallest absolute Gasteiger partial charge is 0.0931 e. The summed E-state index contributed by atoms with van der Waals surface area (Å²) in [4.78, 5) is 1.25. The Morgan fingerprint density at radius 3 is 2.56 bits per heavy atom. The number of rotatable bonds is 5. The predicted molar refractivity (Wildman–Crippen MR) is 82.9 cm³/mol. The van der Waals surface area contributed by atoms with E-state index in [4.69, 9.17) is 23.2 Å². The standard InChI is InChI=1S/C15H22Cl2S/c1-2-3-4-11-5-7-12(8-6-11)15(17)13-9-10-14(16)18-13/h9-12,15H,2-8H2,1H3. The monoisotopic (exact) mass is 304 g/mol. The zero-order valence-corrected chi connectivity index (χ0v) is 13.3. The van der Waals surface area contributed by atoms with Gasteiger partial charge in [0.2, 0.25) is 0 Å². The minimum Gasteiger partial charge on any atom is -0.127 e. The number of hydrogen-bond acceptors (Lipinski definition) is 1. The highest BCUT2D eigenvalue weighted by molar-refractivity contribution is 7.16. The molecule has 0 amide bonds. The fourth-order valence-corrected chi connectivity index (χ4v) is 4.56. The second-order valence-corrected chi connectivity index (χ2v) is 7.68. The van der Waals surface area contributed by atoms with Gasteiger partial charge in [-0.15, -0.1) is 22.9 Å². The van der Waals surface area contributed by atoms with Crippen LogP contribution in [-0.4, -0.2) is 0 Å². The lowest BCUT2D eigenvalue weighted by Crippen LogP contribution is -2.17. The molecule has 0 saturated heterocycles. The maximum Gasteiger partial charge on any atom is 0.0931 e. The summed E-state index contributed by atoms with van der Waals surface area (Å²) in [6.45, 7) is 2.28. The quantitative estimate of drug-likeness (QED) is 0.532. The van der Waals surface area contributed by atoms with Gasteiger partial charge in [-0.05, 0) is 36.8 Å². The molecule has 1 heterocycles. The summed E-state index contributed by atoms with van der Waals surface area (Å²) in [6, 6.07) is 4.05. The largest absolute Gasteiger partial charge is 0.127 e. The van der Waals surface area contributed by atoms with Gasteiger partial charge in [0.25, 0.3) is 0 Å². The molecular formula is C15H22Cl2S. The second-order valence-electron chi connectivity index (χ2n) is 5.47. The van der Waals surface area contributed by atoms with E-state index in [1.165, 1.54) is 49.8 Å². The van der Waals surface area contributed by atoms with E-state index in [1.807, 2.05) is 6.07 Å². The van der Waals surface area contributed by atoms with E-state index in [1.54, 1.807) is 11.3 Å². The van der Waals surface area contributed by atoms with E-state index in [-0.39, 0.29) is 5.38 Å². The zero-order valence-electron chi connectivity index (χ0n) is 11.0. The van der Waals surface area contributed by atoms with Crippen molar-refractivity contribution < 1.29 is 0 Å². The first-order valence-corrected chi connectivity index (χ1v) is 8.73. The fraction of sp³-hybridized carbons (Fsp3) is 0.733. The lowest BCUT2D eigenvalue weighted by molar-refractivity contribution is 0.255. The molecule has 1 aromatic rings. The van der Waals surface area contributed by atoms with Gasteiger partial charge in [-0.2, -0.15) is 0 Å². The third-order valence-electron chi connectivity index (χ3n) is 4.14. The van der Waals surface area contributed by atoms with Crippen LogP contribution in [0.15, 0.2) is 12.1 Å². The molecule has 1 atom stereocenters. The summed E-state index contributed by atoms with van der Waals surface area (Å²) in [5.74, 6) is 1.61. The average Bonchev–Trinajstić information content (AvgIpc) is 2.83. The van der Waals surface area contributed by atoms with Gasteiger partial charge in [-0.1, -0.05) is 50.6 Å². The molecule has 1 unspecified atom stereocenters. The third kappa shape index (κ3) is 3.88. The van der Waals surface area contributed by atoms with Crippen molar-refractivity contribution in [3.63, 3.8) is 0 Å². The SMILES string of the molecule is CCCCC1CCC(C(Cl)c2ccc(Cl)s2)CC1. The van der Waals surface area contributed by atoms with Crippen molar-refractivity contribution in [1.82, 2.24) is 0 Å². The van der Waals surface area contributed by atoms with Gasteiger partial charge in [-0.25, -0.2) is 0 Å². The van der Waals surface area contributed by atoms with E-state index in [0.29, 0.717) is 5.92 Å². The molecule has 3 heteroatoms. The second kappa shape index (κ2) is 7.17. The van der Waals surface area contributed by atoms with Gasteiger partial charge >= 0.3 is 0 Å². The summed E-state index contributed by atoms with van der Waals surface area (Å²) in [5, 5.41) is 0.176. The number of hydrogen-bond donors (Lipinski definition) is 0. The van der Waals surface area contributed by atoms with Crippen LogP contribution in [0.4, 0.5) is 0 Å². The van der Waals surface area contributed by atoms with Crippen LogP contribution in [0, 0.1) is 11.8 Å². The van der Waals surface area contributed by atoms with Crippen molar-refractivity contribution in [3.05, 3.63) is 21.3 Å². The molecule has 0 spiro atoms. The minimum absolute atomic E-state index is 0.176. The summed E-state index contributed by atoms with van der Waals surface area (Å²) in [5.41, 5.74) is 0. The molecule has 1 aliphatic rings. The highest BCUT2D eigenvalue weighted by Gasteiger charge is 2.27. The Bertz CT molecular complexity index is 353. The van der Waals surface area contributed by atoms with Crippen molar-refractivity contribution in [3.8, 4) is 0 Å². The Hall–Kier alpha value is 0.280. The van der Waals surface area contributed by atoms with Gasteiger partial charge in [0.15, 0.2) is 0 Å². The lowest BCUT2D eigenvalue weighted by Gasteiger charge is -2.30. The molecule has 1 aromatic heterocycles. The first kappa shape index (κ1) is 14.7. The fourth-order valence-electron chi connectivity index (χ4n) is 2.97. The van der Waals surface area contributed by atoms with Crippen LogP contribution in [0.2, 0.25) is 4.34 Å². The van der Waals surface area contributed by atoms with Crippen molar-refractivity contribution in [2.45, 2.75) is 57.2 Å². The molecule has 1 fully saturated rings. The van der Waals surface area contributed by atoms with Crippen molar-refractivity contribution in [1.29, 1.82) is 0 Å². The molecular weight excluding hydrogens is 283 g/mol. The van der Waals surface area contributed by atoms with Gasteiger partial charge in [-0.3, -0.25) is 0 Å². The van der Waals surface area contributed by atoms with E-state index < -0.39 is 0 Å². The van der Waals surface area contributed by atoms with Crippen LogP contribution in [0.5, 0.6) is 0 Å². The average molecular weight is 305 g/mol. The minimum atomic E-state index is 0.176. The third-order valence-corrected chi connectivity index (χ3v) is 6.17. The van der Waals surface area contributed by atoms with E-state index >= 15 is 0 Å². The van der Waals surface area contributed by atoms with Crippen LogP contribution >= 0.6 is 34.5 Å². The topological polar surface area (TPSA) is 0 Å². The predicted octanol–water partition coefficient (Wildman–Crippen LogP) is 6.68. The van der Waals surface area contributed by atoms with E-state index in [0.717, 1.165) is 10.3 Å². The molecule has 0 aromatic carbocycles. The van der Waals surface area contributed by atoms with E-state index in [2.05, 4.69) is 13.0 Å². The van der Waals surface area contributed by atoms with Gasteiger partial charge in [0.1, 0.15) is 0 Å². The maximum atomic E-state index is 6.60. The van der Waals surface area contributed by atoms with Gasteiger partial charge in [0, 0.05) is 4.88 Å². The Morgan fingerprint density at radius 1 is 1.28 bits per heavy atom. The maximum absolute atomic E-state index is 6.60. The Labute approximate surface area is 125 Å². The molecule has 0 aliphatic heterocycles.